The number of nitrogens with one attached hydrogen (secondary N) is 1. The van der Waals surface area contributed by atoms with E-state index in [0.29, 0.717) is 0 Å². The lowest BCUT2D eigenvalue weighted by Crippen LogP contribution is -2.56. The van der Waals surface area contributed by atoms with E-state index in [-0.39, 0.29) is 5.78 Å². The van der Waals surface area contributed by atoms with Crippen molar-refractivity contribution in [3.63, 3.8) is 0 Å². The van der Waals surface area contributed by atoms with Crippen LogP contribution in [-0.2, 0) is 0 Å². The van der Waals surface area contributed by atoms with E-state index in [1.165, 1.54) is 6.42 Å². The Labute approximate surface area is 96.0 Å². The molecular formula is C13H18N2O. The smallest absolute Gasteiger partial charge is 0.184 e. The van der Waals surface area contributed by atoms with Gasteiger partial charge in [-0.3, -0.25) is 10.6 Å². The molecule has 0 aromatic heterocycles. The van der Waals surface area contributed by atoms with Gasteiger partial charge in [-0.05, 0) is 12.8 Å². The minimum absolute atomic E-state index is 0.135. The summed E-state index contributed by atoms with van der Waals surface area (Å²) in [5.41, 5.74) is 2.99. The molecule has 1 aromatic carbocycles. The molecule has 3 N–H and O–H groups in total. The maximum absolute atomic E-state index is 12.4. The molecule has 2 rings (SSSR count). The second kappa shape index (κ2) is 4.76. The molecule has 1 aliphatic rings. The Balaban J connectivity index is 2.24. The summed E-state index contributed by atoms with van der Waals surface area (Å²) in [7, 11) is 0. The summed E-state index contributed by atoms with van der Waals surface area (Å²) in [6.07, 6.45) is 5.03. The fourth-order valence-electron chi connectivity index (χ4n) is 2.46. The zero-order valence-corrected chi connectivity index (χ0v) is 9.41. The summed E-state index contributed by atoms with van der Waals surface area (Å²) in [4.78, 5) is 12.4. The van der Waals surface area contributed by atoms with Crippen LogP contribution in [0.4, 0.5) is 0 Å². The van der Waals surface area contributed by atoms with E-state index in [1.54, 1.807) is 0 Å². The number of hydrogen-bond donors (Lipinski definition) is 2. The second-order valence-electron chi connectivity index (χ2n) is 4.48. The van der Waals surface area contributed by atoms with Gasteiger partial charge in [0.05, 0.1) is 5.54 Å². The van der Waals surface area contributed by atoms with Gasteiger partial charge in [0.15, 0.2) is 5.78 Å². The molecule has 0 saturated heterocycles. The first-order valence-corrected chi connectivity index (χ1v) is 5.86. The van der Waals surface area contributed by atoms with E-state index in [1.807, 2.05) is 30.3 Å². The van der Waals surface area contributed by atoms with Crippen LogP contribution < -0.4 is 11.3 Å². The summed E-state index contributed by atoms with van der Waals surface area (Å²) >= 11 is 0. The van der Waals surface area contributed by atoms with Crippen LogP contribution in [0.1, 0.15) is 42.5 Å². The van der Waals surface area contributed by atoms with Gasteiger partial charge in [-0.2, -0.15) is 0 Å². The Morgan fingerprint density at radius 3 is 2.31 bits per heavy atom. The van der Waals surface area contributed by atoms with Crippen LogP contribution in [0.2, 0.25) is 0 Å². The van der Waals surface area contributed by atoms with Gasteiger partial charge in [0.2, 0.25) is 0 Å². The predicted octanol–water partition coefficient (Wildman–Crippen LogP) is 2.04. The van der Waals surface area contributed by atoms with Gasteiger partial charge in [0.1, 0.15) is 0 Å². The van der Waals surface area contributed by atoms with Crippen molar-refractivity contribution >= 4 is 5.78 Å². The number of hydrazine groups is 1. The van der Waals surface area contributed by atoms with Crippen molar-refractivity contribution in [2.75, 3.05) is 0 Å². The van der Waals surface area contributed by atoms with Crippen LogP contribution in [-0.4, -0.2) is 11.3 Å². The summed E-state index contributed by atoms with van der Waals surface area (Å²) < 4.78 is 0. The zero-order chi connectivity index (χ0) is 11.4. The molecule has 0 unspecified atom stereocenters. The standard InChI is InChI=1S/C13H18N2O/c14-15-13(9-5-2-6-10-13)12(16)11-7-3-1-4-8-11/h1,3-4,7-8,15H,2,5-6,9-10,14H2. The van der Waals surface area contributed by atoms with Crippen molar-refractivity contribution in [1.82, 2.24) is 5.43 Å². The number of rotatable bonds is 3. The fourth-order valence-corrected chi connectivity index (χ4v) is 2.46. The van der Waals surface area contributed by atoms with Crippen LogP contribution in [0, 0.1) is 0 Å². The minimum atomic E-state index is -0.528. The molecule has 1 aliphatic carbocycles. The van der Waals surface area contributed by atoms with E-state index < -0.39 is 5.54 Å². The highest BCUT2D eigenvalue weighted by Gasteiger charge is 2.38. The topological polar surface area (TPSA) is 55.1 Å². The van der Waals surface area contributed by atoms with Gasteiger partial charge in [-0.1, -0.05) is 49.6 Å². The molecule has 0 aliphatic heterocycles. The normalized spacial score (nSPS) is 19.3. The largest absolute Gasteiger partial charge is 0.292 e. The van der Waals surface area contributed by atoms with Crippen LogP contribution in [0.15, 0.2) is 30.3 Å². The number of ketones is 1. The molecule has 3 nitrogen and oxygen atoms in total. The van der Waals surface area contributed by atoms with E-state index in [9.17, 15) is 4.79 Å². The predicted molar refractivity (Wildman–Crippen MR) is 63.9 cm³/mol. The van der Waals surface area contributed by atoms with Crippen molar-refractivity contribution in [2.24, 2.45) is 5.84 Å². The quantitative estimate of drug-likeness (QED) is 0.463. The summed E-state index contributed by atoms with van der Waals surface area (Å²) in [5.74, 6) is 5.74. The third kappa shape index (κ3) is 2.01. The van der Waals surface area contributed by atoms with E-state index in [4.69, 9.17) is 5.84 Å². The number of carbonyl (C=O) groups excluding carboxylic acids is 1. The Kier molecular flexibility index (Phi) is 3.36. The lowest BCUT2D eigenvalue weighted by molar-refractivity contribution is 0.0795. The lowest BCUT2D eigenvalue weighted by atomic mass is 9.77. The van der Waals surface area contributed by atoms with Crippen LogP contribution in [0.25, 0.3) is 0 Å². The fraction of sp³-hybridized carbons (Fsp3) is 0.462. The molecule has 0 amide bonds. The lowest BCUT2D eigenvalue weighted by Gasteiger charge is -2.35. The minimum Gasteiger partial charge on any atom is -0.292 e. The van der Waals surface area contributed by atoms with E-state index in [2.05, 4.69) is 5.43 Å². The first-order valence-electron chi connectivity index (χ1n) is 5.86. The molecule has 0 heterocycles. The van der Waals surface area contributed by atoms with Gasteiger partial charge in [-0.25, -0.2) is 5.43 Å². The monoisotopic (exact) mass is 218 g/mol. The van der Waals surface area contributed by atoms with Crippen molar-refractivity contribution in [3.8, 4) is 0 Å². The highest BCUT2D eigenvalue weighted by Crippen LogP contribution is 2.30. The molecule has 0 bridgehead atoms. The molecule has 3 heteroatoms. The highest BCUT2D eigenvalue weighted by molar-refractivity contribution is 6.03. The third-order valence-corrected chi connectivity index (χ3v) is 3.45. The first kappa shape index (κ1) is 11.3. The average molecular weight is 218 g/mol. The Morgan fingerprint density at radius 1 is 1.12 bits per heavy atom. The zero-order valence-electron chi connectivity index (χ0n) is 9.41. The summed E-state index contributed by atoms with van der Waals surface area (Å²) in [5, 5.41) is 0. The Hall–Kier alpha value is -1.19. The van der Waals surface area contributed by atoms with Crippen LogP contribution in [0.3, 0.4) is 0 Å². The number of hydrogen-bond acceptors (Lipinski definition) is 3. The molecule has 0 spiro atoms. The number of nitrogens with two attached hydrogens (primary N) is 1. The average Bonchev–Trinajstić information content (AvgIpc) is 2.39. The number of carbonyl (C=O) groups is 1. The van der Waals surface area contributed by atoms with Crippen LogP contribution >= 0.6 is 0 Å². The van der Waals surface area contributed by atoms with Gasteiger partial charge in [-0.15, -0.1) is 0 Å². The van der Waals surface area contributed by atoms with Crippen molar-refractivity contribution in [3.05, 3.63) is 35.9 Å². The van der Waals surface area contributed by atoms with Gasteiger partial charge in [0.25, 0.3) is 0 Å². The molecule has 16 heavy (non-hydrogen) atoms. The number of Topliss-reactive ketones (excluding diaryl/α,β-unsaturated/α-hetero) is 1. The Bertz CT molecular complexity index is 355. The molecule has 1 fully saturated rings. The maximum atomic E-state index is 12.4. The van der Waals surface area contributed by atoms with Crippen molar-refractivity contribution in [1.29, 1.82) is 0 Å². The maximum Gasteiger partial charge on any atom is 0.184 e. The summed E-state index contributed by atoms with van der Waals surface area (Å²) in [6.45, 7) is 0. The van der Waals surface area contributed by atoms with Crippen molar-refractivity contribution in [2.45, 2.75) is 37.6 Å². The highest BCUT2D eigenvalue weighted by atomic mass is 16.1. The van der Waals surface area contributed by atoms with Crippen LogP contribution in [0.5, 0.6) is 0 Å². The Morgan fingerprint density at radius 2 is 1.75 bits per heavy atom. The SMILES string of the molecule is NNC1(C(=O)c2ccccc2)CCCCC1. The van der Waals surface area contributed by atoms with E-state index >= 15 is 0 Å². The first-order chi connectivity index (χ1) is 7.78. The van der Waals surface area contributed by atoms with Gasteiger partial charge in [0, 0.05) is 5.56 Å². The second-order valence-corrected chi connectivity index (χ2v) is 4.48. The summed E-state index contributed by atoms with van der Waals surface area (Å²) in [6, 6.07) is 9.41. The molecule has 0 atom stereocenters. The van der Waals surface area contributed by atoms with E-state index in [0.717, 1.165) is 31.2 Å². The van der Waals surface area contributed by atoms with Crippen molar-refractivity contribution < 1.29 is 4.79 Å². The van der Waals surface area contributed by atoms with Gasteiger partial charge < -0.3 is 0 Å². The molecule has 1 aromatic rings. The van der Waals surface area contributed by atoms with Gasteiger partial charge >= 0.3 is 0 Å². The number of benzene rings is 1. The molecular weight excluding hydrogens is 200 g/mol. The molecule has 86 valence electrons. The third-order valence-electron chi connectivity index (χ3n) is 3.45. The molecule has 0 radical (unpaired) electrons. The molecule has 1 saturated carbocycles.